The molecule has 3 heteroatoms. The van der Waals surface area contributed by atoms with E-state index in [0.29, 0.717) is 0 Å². The SMILES string of the molecule is c1ccc(-c2ccc(N(c3ccc(-c4cc5ccccc5c5sc6ccccc6c45)cc3)c3cccc(-c4cccc5sc6ccccc6c45)c3)cc2)cc1. The average molecular weight is 736 g/mol. The molecule has 0 unspecified atom stereocenters. The molecule has 1 nitrogen and oxygen atoms in total. The van der Waals surface area contributed by atoms with E-state index >= 15 is 0 Å². The van der Waals surface area contributed by atoms with Gasteiger partial charge in [0.2, 0.25) is 0 Å². The summed E-state index contributed by atoms with van der Waals surface area (Å²) in [4.78, 5) is 2.39. The summed E-state index contributed by atoms with van der Waals surface area (Å²) in [7, 11) is 0. The molecule has 0 N–H and O–H groups in total. The number of fused-ring (bicyclic) bond motifs is 8. The highest BCUT2D eigenvalue weighted by Crippen LogP contribution is 2.46. The first-order chi connectivity index (χ1) is 27.3. The molecular weight excluding hydrogens is 703 g/mol. The smallest absolute Gasteiger partial charge is 0.0467 e. The number of benzene rings is 9. The first-order valence-corrected chi connectivity index (χ1v) is 20.3. The van der Waals surface area contributed by atoms with Gasteiger partial charge in [-0.1, -0.05) is 140 Å². The molecule has 55 heavy (non-hydrogen) atoms. The van der Waals surface area contributed by atoms with Crippen molar-refractivity contribution in [2.75, 3.05) is 4.90 Å². The van der Waals surface area contributed by atoms with Crippen LogP contribution in [0.1, 0.15) is 0 Å². The largest absolute Gasteiger partial charge is 0.310 e. The van der Waals surface area contributed by atoms with E-state index < -0.39 is 0 Å². The fraction of sp³-hybridized carbons (Fsp3) is 0. The number of hydrogen-bond acceptors (Lipinski definition) is 3. The van der Waals surface area contributed by atoms with Gasteiger partial charge < -0.3 is 4.90 Å². The lowest BCUT2D eigenvalue weighted by molar-refractivity contribution is 1.28. The Morgan fingerprint density at radius 1 is 0.309 bits per heavy atom. The maximum Gasteiger partial charge on any atom is 0.0467 e. The minimum atomic E-state index is 1.11. The monoisotopic (exact) mass is 735 g/mol. The topological polar surface area (TPSA) is 3.24 Å². The quantitative estimate of drug-likeness (QED) is 0.164. The Bertz CT molecular complexity index is 3190. The third-order valence-electron chi connectivity index (χ3n) is 10.9. The van der Waals surface area contributed by atoms with Crippen molar-refractivity contribution in [3.05, 3.63) is 200 Å². The normalized spacial score (nSPS) is 11.6. The maximum absolute atomic E-state index is 2.39. The second-order valence-electron chi connectivity index (χ2n) is 14.1. The zero-order chi connectivity index (χ0) is 36.3. The summed E-state index contributed by atoms with van der Waals surface area (Å²) in [6, 6.07) is 73.3. The van der Waals surface area contributed by atoms with Crippen LogP contribution in [0, 0.1) is 0 Å². The van der Waals surface area contributed by atoms with Crippen molar-refractivity contribution in [1.29, 1.82) is 0 Å². The molecule has 11 aromatic rings. The number of rotatable bonds is 6. The van der Waals surface area contributed by atoms with Crippen molar-refractivity contribution in [2.24, 2.45) is 0 Å². The maximum atomic E-state index is 2.39. The lowest BCUT2D eigenvalue weighted by Gasteiger charge is -2.26. The molecule has 0 amide bonds. The Morgan fingerprint density at radius 3 is 1.64 bits per heavy atom. The minimum Gasteiger partial charge on any atom is -0.310 e. The van der Waals surface area contributed by atoms with Crippen LogP contribution < -0.4 is 4.90 Å². The number of hydrogen-bond donors (Lipinski definition) is 0. The lowest BCUT2D eigenvalue weighted by atomic mass is 9.95. The Morgan fingerprint density at radius 2 is 0.873 bits per heavy atom. The van der Waals surface area contributed by atoms with Gasteiger partial charge in [-0.15, -0.1) is 22.7 Å². The van der Waals surface area contributed by atoms with Crippen molar-refractivity contribution in [3.63, 3.8) is 0 Å². The lowest BCUT2D eigenvalue weighted by Crippen LogP contribution is -2.10. The molecule has 0 aliphatic rings. The predicted molar refractivity (Wildman–Crippen MR) is 241 cm³/mol. The van der Waals surface area contributed by atoms with Gasteiger partial charge in [-0.2, -0.15) is 0 Å². The van der Waals surface area contributed by atoms with Crippen LogP contribution in [0.3, 0.4) is 0 Å². The van der Waals surface area contributed by atoms with E-state index in [1.54, 1.807) is 0 Å². The molecule has 11 rings (SSSR count). The van der Waals surface area contributed by atoms with Crippen molar-refractivity contribution >= 4 is 90.9 Å². The first-order valence-electron chi connectivity index (χ1n) is 18.7. The summed E-state index contributed by atoms with van der Waals surface area (Å²) in [5.41, 5.74) is 10.7. The van der Waals surface area contributed by atoms with Crippen molar-refractivity contribution in [3.8, 4) is 33.4 Å². The van der Waals surface area contributed by atoms with Gasteiger partial charge in [0.25, 0.3) is 0 Å². The predicted octanol–water partition coefficient (Wildman–Crippen LogP) is 16.0. The highest BCUT2D eigenvalue weighted by atomic mass is 32.1. The summed E-state index contributed by atoms with van der Waals surface area (Å²) < 4.78 is 5.31. The van der Waals surface area contributed by atoms with Crippen LogP contribution in [0.25, 0.3) is 84.5 Å². The molecule has 0 bridgehead atoms. The summed E-state index contributed by atoms with van der Waals surface area (Å²) in [5, 5.41) is 7.88. The average Bonchev–Trinajstić information content (AvgIpc) is 3.84. The summed E-state index contributed by atoms with van der Waals surface area (Å²) >= 11 is 3.76. The van der Waals surface area contributed by atoms with Gasteiger partial charge in [0.15, 0.2) is 0 Å². The number of nitrogens with zero attached hydrogens (tertiary/aromatic N) is 1. The molecule has 0 fully saturated rings. The molecule has 2 aromatic heterocycles. The molecule has 0 atom stereocenters. The number of anilines is 3. The van der Waals surface area contributed by atoms with E-state index in [1.165, 1.54) is 84.5 Å². The first kappa shape index (κ1) is 32.0. The number of thiophene rings is 2. The molecule has 9 aromatic carbocycles. The molecular formula is C52H33NS2. The zero-order valence-electron chi connectivity index (χ0n) is 29.8. The molecule has 258 valence electrons. The van der Waals surface area contributed by atoms with Crippen LogP contribution in [0.2, 0.25) is 0 Å². The van der Waals surface area contributed by atoms with Gasteiger partial charge in [-0.25, -0.2) is 0 Å². The highest BCUT2D eigenvalue weighted by Gasteiger charge is 2.18. The molecule has 0 saturated carbocycles. The Kier molecular flexibility index (Phi) is 7.61. The molecule has 0 aliphatic heterocycles. The van der Waals surface area contributed by atoms with Gasteiger partial charge in [-0.05, 0) is 105 Å². The van der Waals surface area contributed by atoms with Crippen LogP contribution in [0.5, 0.6) is 0 Å². The van der Waals surface area contributed by atoms with Crippen LogP contribution in [-0.4, -0.2) is 0 Å². The van der Waals surface area contributed by atoms with Gasteiger partial charge >= 0.3 is 0 Å². The summed E-state index contributed by atoms with van der Waals surface area (Å²) in [6.07, 6.45) is 0. The second-order valence-corrected chi connectivity index (χ2v) is 16.2. The van der Waals surface area contributed by atoms with E-state index in [0.717, 1.165) is 17.1 Å². The Hall–Kier alpha value is -6.52. The molecule has 0 spiro atoms. The summed E-state index contributed by atoms with van der Waals surface area (Å²) in [6.45, 7) is 0. The van der Waals surface area contributed by atoms with Crippen LogP contribution in [-0.2, 0) is 0 Å². The van der Waals surface area contributed by atoms with Gasteiger partial charge in [-0.3, -0.25) is 0 Å². The van der Waals surface area contributed by atoms with Crippen molar-refractivity contribution in [1.82, 2.24) is 0 Å². The Balaban J connectivity index is 1.07. The van der Waals surface area contributed by atoms with Crippen LogP contribution >= 0.6 is 22.7 Å². The Labute approximate surface area is 327 Å². The van der Waals surface area contributed by atoms with Crippen LogP contribution in [0.15, 0.2) is 200 Å². The molecule has 0 aliphatic carbocycles. The van der Waals surface area contributed by atoms with E-state index in [4.69, 9.17) is 0 Å². The zero-order valence-corrected chi connectivity index (χ0v) is 31.4. The fourth-order valence-corrected chi connectivity index (χ4v) is 10.7. The van der Waals surface area contributed by atoms with Crippen molar-refractivity contribution < 1.29 is 0 Å². The van der Waals surface area contributed by atoms with Gasteiger partial charge in [0.05, 0.1) is 0 Å². The van der Waals surface area contributed by atoms with Crippen molar-refractivity contribution in [2.45, 2.75) is 0 Å². The molecule has 0 radical (unpaired) electrons. The fourth-order valence-electron chi connectivity index (χ4n) is 8.29. The van der Waals surface area contributed by atoms with Gasteiger partial charge in [0.1, 0.15) is 0 Å². The van der Waals surface area contributed by atoms with E-state index in [-0.39, 0.29) is 0 Å². The summed E-state index contributed by atoms with van der Waals surface area (Å²) in [5.74, 6) is 0. The van der Waals surface area contributed by atoms with E-state index in [9.17, 15) is 0 Å². The van der Waals surface area contributed by atoms with Crippen LogP contribution in [0.4, 0.5) is 17.1 Å². The standard InChI is InChI=1S/C52H33NS2/c1-2-12-34(13-3-1)35-24-28-39(29-25-35)53(41-16-10-15-37(32-41)42-20-11-23-49-50(42)44-18-6-8-21-47(44)54-49)40-30-26-36(27-31-40)46-33-38-14-4-5-17-43(38)52-51(46)45-19-7-9-22-48(45)55-52/h1-33H. The van der Waals surface area contributed by atoms with Gasteiger partial charge in [0, 0.05) is 57.4 Å². The highest BCUT2D eigenvalue weighted by molar-refractivity contribution is 7.27. The molecule has 0 saturated heterocycles. The van der Waals surface area contributed by atoms with E-state index in [1.807, 2.05) is 22.7 Å². The minimum absolute atomic E-state index is 1.11. The van der Waals surface area contributed by atoms with E-state index in [2.05, 4.69) is 205 Å². The third kappa shape index (κ3) is 5.43. The second kappa shape index (κ2) is 13.1. The molecule has 2 heterocycles. The third-order valence-corrected chi connectivity index (χ3v) is 13.2.